The summed E-state index contributed by atoms with van der Waals surface area (Å²) in [5.74, 6) is -0.905. The molecule has 0 fully saturated rings. The second-order valence-corrected chi connectivity index (χ2v) is 5.80. The fourth-order valence-corrected chi connectivity index (χ4v) is 2.37. The molecule has 1 atom stereocenters. The lowest BCUT2D eigenvalue weighted by Crippen LogP contribution is -2.41. The molecular weight excluding hydrogens is 306 g/mol. The molecule has 6 nitrogen and oxygen atoms in total. The van der Waals surface area contributed by atoms with E-state index in [1.807, 2.05) is 24.3 Å². The summed E-state index contributed by atoms with van der Waals surface area (Å²) in [6.07, 6.45) is 0.928. The summed E-state index contributed by atoms with van der Waals surface area (Å²) in [4.78, 5) is 37.6. The Morgan fingerprint density at radius 1 is 1.12 bits per heavy atom. The maximum absolute atomic E-state index is 12.3. The molecule has 0 saturated heterocycles. The predicted octanol–water partition coefficient (Wildman–Crippen LogP) is 1.69. The zero-order valence-corrected chi connectivity index (χ0v) is 14.3. The molecule has 0 saturated carbocycles. The minimum Gasteiger partial charge on any atom is -0.347 e. The highest BCUT2D eigenvalue weighted by Crippen LogP contribution is 2.18. The van der Waals surface area contributed by atoms with E-state index in [0.29, 0.717) is 5.69 Å². The molecule has 0 aliphatic heterocycles. The highest BCUT2D eigenvalue weighted by atomic mass is 16.2. The average molecular weight is 327 g/mol. The van der Waals surface area contributed by atoms with E-state index >= 15 is 0 Å². The number of benzene rings is 1. The topological polar surface area (TPSA) is 72.3 Å². The van der Waals surface area contributed by atoms with Gasteiger partial charge in [-0.2, -0.15) is 5.10 Å². The molecule has 24 heavy (non-hydrogen) atoms. The van der Waals surface area contributed by atoms with Crippen LogP contribution in [0.2, 0.25) is 0 Å². The molecule has 1 amide bonds. The molecule has 1 aromatic carbocycles. The molecule has 0 unspecified atom stereocenters. The highest BCUT2D eigenvalue weighted by Gasteiger charge is 2.29. The molecule has 126 valence electrons. The van der Waals surface area contributed by atoms with Gasteiger partial charge in [-0.3, -0.25) is 14.4 Å². The maximum atomic E-state index is 12.3. The molecular formula is C18H21N3O3. The van der Waals surface area contributed by atoms with Crippen molar-refractivity contribution in [1.82, 2.24) is 14.7 Å². The number of rotatable bonds is 5. The lowest BCUT2D eigenvalue weighted by molar-refractivity contribution is -0.138. The van der Waals surface area contributed by atoms with Crippen LogP contribution in [0.4, 0.5) is 0 Å². The number of amides is 1. The molecule has 2 aromatic rings. The van der Waals surface area contributed by atoms with Crippen LogP contribution in [0.3, 0.4) is 0 Å². The molecule has 0 aliphatic rings. The lowest BCUT2D eigenvalue weighted by atomic mass is 10.1. The van der Waals surface area contributed by atoms with Gasteiger partial charge in [0.25, 0.3) is 11.5 Å². The predicted molar refractivity (Wildman–Crippen MR) is 91.7 cm³/mol. The smallest absolute Gasteiger partial charge is 0.267 e. The van der Waals surface area contributed by atoms with E-state index in [4.69, 9.17) is 0 Å². The molecule has 6 heteroatoms. The summed E-state index contributed by atoms with van der Waals surface area (Å²) >= 11 is 0. The van der Waals surface area contributed by atoms with Gasteiger partial charge in [0.2, 0.25) is 0 Å². The molecule has 0 spiro atoms. The molecule has 0 bridgehead atoms. The van der Waals surface area contributed by atoms with Crippen LogP contribution in [-0.4, -0.2) is 40.5 Å². The van der Waals surface area contributed by atoms with Crippen LogP contribution in [-0.2, 0) is 16.0 Å². The number of nitrogens with zero attached hydrogens (tertiary/aromatic N) is 3. The first-order valence-electron chi connectivity index (χ1n) is 7.76. The Labute approximate surface area is 140 Å². The second kappa shape index (κ2) is 7.21. The van der Waals surface area contributed by atoms with Gasteiger partial charge in [0.1, 0.15) is 0 Å². The number of carbonyl (C=O) groups excluding carboxylic acids is 2. The van der Waals surface area contributed by atoms with E-state index in [-0.39, 0.29) is 0 Å². The van der Waals surface area contributed by atoms with Crippen molar-refractivity contribution in [3.05, 3.63) is 52.3 Å². The van der Waals surface area contributed by atoms with Crippen LogP contribution >= 0.6 is 0 Å². The van der Waals surface area contributed by atoms with Crippen LogP contribution in [0.5, 0.6) is 0 Å². The number of ketones is 1. The summed E-state index contributed by atoms with van der Waals surface area (Å²) in [6, 6.07) is 9.47. The minimum atomic E-state index is -1.25. The minimum absolute atomic E-state index is 0.429. The van der Waals surface area contributed by atoms with Crippen LogP contribution in [0, 0.1) is 0 Å². The van der Waals surface area contributed by atoms with Crippen molar-refractivity contribution in [3.8, 4) is 11.3 Å². The number of hydrogen-bond acceptors (Lipinski definition) is 4. The third-order valence-corrected chi connectivity index (χ3v) is 3.79. The Kier molecular flexibility index (Phi) is 5.28. The fraction of sp³-hybridized carbons (Fsp3) is 0.333. The second-order valence-electron chi connectivity index (χ2n) is 5.80. The molecule has 2 rings (SSSR count). The van der Waals surface area contributed by atoms with E-state index in [2.05, 4.69) is 12.0 Å². The lowest BCUT2D eigenvalue weighted by Gasteiger charge is -2.19. The normalized spacial score (nSPS) is 11.8. The van der Waals surface area contributed by atoms with Crippen molar-refractivity contribution in [3.63, 3.8) is 0 Å². The number of aromatic nitrogens is 2. The van der Waals surface area contributed by atoms with Gasteiger partial charge in [0, 0.05) is 25.7 Å². The van der Waals surface area contributed by atoms with Gasteiger partial charge in [-0.05, 0) is 25.0 Å². The average Bonchev–Trinajstić information content (AvgIpc) is 2.56. The zero-order valence-electron chi connectivity index (χ0n) is 14.3. The summed E-state index contributed by atoms with van der Waals surface area (Å²) in [7, 11) is 3.08. The Balaban J connectivity index is 2.52. The molecule has 0 aliphatic carbocycles. The van der Waals surface area contributed by atoms with Crippen molar-refractivity contribution < 1.29 is 9.59 Å². The number of hydrogen-bond donors (Lipinski definition) is 0. The zero-order chi connectivity index (χ0) is 17.9. The van der Waals surface area contributed by atoms with Crippen molar-refractivity contribution in [2.45, 2.75) is 26.3 Å². The Bertz CT molecular complexity index is 807. The Hall–Kier alpha value is -2.76. The first-order chi connectivity index (χ1) is 11.3. The first kappa shape index (κ1) is 17.6. The van der Waals surface area contributed by atoms with E-state index in [9.17, 15) is 14.4 Å². The van der Waals surface area contributed by atoms with Crippen molar-refractivity contribution in [1.29, 1.82) is 0 Å². The van der Waals surface area contributed by atoms with Gasteiger partial charge in [0.15, 0.2) is 11.8 Å². The van der Waals surface area contributed by atoms with Gasteiger partial charge in [-0.25, -0.2) is 4.68 Å². The summed E-state index contributed by atoms with van der Waals surface area (Å²) in [6.45, 7) is 3.35. The third kappa shape index (κ3) is 3.59. The Morgan fingerprint density at radius 3 is 2.25 bits per heavy atom. The highest BCUT2D eigenvalue weighted by molar-refractivity contribution is 6.02. The van der Waals surface area contributed by atoms with E-state index in [1.165, 1.54) is 37.5 Å². The van der Waals surface area contributed by atoms with Crippen LogP contribution in [0.25, 0.3) is 11.3 Å². The monoisotopic (exact) mass is 327 g/mol. The van der Waals surface area contributed by atoms with E-state index in [1.54, 1.807) is 6.07 Å². The first-order valence-corrected chi connectivity index (χ1v) is 7.76. The van der Waals surface area contributed by atoms with Crippen LogP contribution in [0.1, 0.15) is 25.5 Å². The standard InChI is InChI=1S/C18H21N3O3/c1-5-13-6-8-14(9-7-13)15-10-11-16(23)21(19-15)17(12(2)22)18(24)20(3)4/h6-11,17H,5H2,1-4H3/t17-/m0/s1. The molecule has 0 radical (unpaired) electrons. The molecule has 1 aromatic heterocycles. The van der Waals surface area contributed by atoms with Gasteiger partial charge < -0.3 is 4.90 Å². The maximum Gasteiger partial charge on any atom is 0.267 e. The number of carbonyl (C=O) groups is 2. The largest absolute Gasteiger partial charge is 0.347 e. The van der Waals surface area contributed by atoms with Gasteiger partial charge >= 0.3 is 0 Å². The summed E-state index contributed by atoms with van der Waals surface area (Å²) < 4.78 is 0.966. The molecule has 0 N–H and O–H groups in total. The van der Waals surface area contributed by atoms with Crippen LogP contribution in [0.15, 0.2) is 41.2 Å². The van der Waals surface area contributed by atoms with Gasteiger partial charge in [0.05, 0.1) is 5.69 Å². The van der Waals surface area contributed by atoms with Crippen LogP contribution < -0.4 is 5.56 Å². The fourth-order valence-electron chi connectivity index (χ4n) is 2.37. The van der Waals surface area contributed by atoms with Gasteiger partial charge in [-0.1, -0.05) is 31.2 Å². The van der Waals surface area contributed by atoms with Crippen molar-refractivity contribution >= 4 is 11.7 Å². The van der Waals surface area contributed by atoms with Crippen molar-refractivity contribution in [2.24, 2.45) is 0 Å². The summed E-state index contributed by atoms with van der Waals surface area (Å²) in [5.41, 5.74) is 2.06. The quantitative estimate of drug-likeness (QED) is 0.784. The van der Waals surface area contributed by atoms with E-state index in [0.717, 1.165) is 16.7 Å². The Morgan fingerprint density at radius 2 is 1.75 bits per heavy atom. The number of Topliss-reactive ketones (excluding diaryl/α,β-unsaturated/α-hetero) is 1. The summed E-state index contributed by atoms with van der Waals surface area (Å²) in [5, 5.41) is 4.26. The number of aryl methyl sites for hydroxylation is 1. The SMILES string of the molecule is CCc1ccc(-c2ccc(=O)n([C@@H](C(C)=O)C(=O)N(C)C)n2)cc1. The number of likely N-dealkylation sites (N-methyl/N-ethyl adjacent to an activating group) is 1. The third-order valence-electron chi connectivity index (χ3n) is 3.79. The van der Waals surface area contributed by atoms with Crippen molar-refractivity contribution in [2.75, 3.05) is 14.1 Å². The molecule has 1 heterocycles. The van der Waals surface area contributed by atoms with E-state index < -0.39 is 23.3 Å². The van der Waals surface area contributed by atoms with Gasteiger partial charge in [-0.15, -0.1) is 0 Å².